The largest absolute Gasteiger partial charge is 0.475 e. The predicted octanol–water partition coefficient (Wildman–Crippen LogP) is 2.40. The maximum absolute atomic E-state index is 5.26. The normalized spacial score (nSPS) is 12.4. The van der Waals surface area contributed by atoms with Gasteiger partial charge in [-0.2, -0.15) is 0 Å². The summed E-state index contributed by atoms with van der Waals surface area (Å²) in [6.45, 7) is 1.48. The van der Waals surface area contributed by atoms with E-state index in [4.69, 9.17) is 4.74 Å². The van der Waals surface area contributed by atoms with Gasteiger partial charge in [-0.05, 0) is 12.1 Å². The Hall–Kier alpha value is -0.511. The second-order valence-electron chi connectivity index (χ2n) is 2.31. The number of benzene rings is 1. The van der Waals surface area contributed by atoms with Crippen LogP contribution in [-0.4, -0.2) is 43.0 Å². The summed E-state index contributed by atoms with van der Waals surface area (Å²) in [7, 11) is 0. The Morgan fingerprint density at radius 2 is 2.14 bits per heavy atom. The maximum atomic E-state index is 5.26. The standard InChI is InChI=1S/C9H8NO.2CH4.Sn.H2/c1-2-4-8(5-3-1)9-10-6-7-11-9;;;;/h1-4H,6-7H2;2*1H4;;1H. The fraction of sp³-hybridized carbons (Fsp3) is 0.364. The molecule has 0 spiro atoms. The van der Waals surface area contributed by atoms with Crippen LogP contribution >= 0.6 is 0 Å². The first-order valence-corrected chi connectivity index (χ1v) is 3.61. The number of hydrogen-bond acceptors (Lipinski definition) is 2. The van der Waals surface area contributed by atoms with Gasteiger partial charge < -0.3 is 4.74 Å². The van der Waals surface area contributed by atoms with Gasteiger partial charge in [-0.1, -0.05) is 33.1 Å². The summed E-state index contributed by atoms with van der Waals surface area (Å²) in [6, 6.07) is 10.7. The molecule has 3 heteroatoms. The molecule has 77 valence electrons. The van der Waals surface area contributed by atoms with E-state index < -0.39 is 0 Å². The minimum Gasteiger partial charge on any atom is -0.475 e. The van der Waals surface area contributed by atoms with Crippen LogP contribution in [0.1, 0.15) is 21.8 Å². The number of nitrogens with zero attached hydrogens (tertiary/aromatic N) is 1. The Labute approximate surface area is 105 Å². The van der Waals surface area contributed by atoms with Crippen molar-refractivity contribution in [1.82, 2.24) is 0 Å². The van der Waals surface area contributed by atoms with Gasteiger partial charge in [0.25, 0.3) is 0 Å². The van der Waals surface area contributed by atoms with Gasteiger partial charge in [-0.25, -0.2) is 4.99 Å². The molecule has 1 aliphatic rings. The number of rotatable bonds is 1. The molecule has 1 aromatic carbocycles. The fourth-order valence-corrected chi connectivity index (χ4v) is 1.02. The first-order chi connectivity index (χ1) is 5.47. The molecular weight excluding hydrogens is 281 g/mol. The first kappa shape index (κ1) is 15.9. The monoisotopic (exact) mass is 300 g/mol. The number of aliphatic imine (C=N–C) groups is 1. The van der Waals surface area contributed by atoms with Crippen LogP contribution < -0.4 is 0 Å². The molecule has 1 heterocycles. The molecule has 0 amide bonds. The SMILES string of the molecule is C.C.[HH].[Sn].[c]1ccccc1C1=NCCO1. The van der Waals surface area contributed by atoms with Crippen molar-refractivity contribution in [2.45, 2.75) is 14.9 Å². The molecule has 1 aromatic rings. The van der Waals surface area contributed by atoms with Crippen molar-refractivity contribution < 1.29 is 6.16 Å². The zero-order valence-corrected chi connectivity index (χ0v) is 9.43. The van der Waals surface area contributed by atoms with Gasteiger partial charge in [-0.15, -0.1) is 0 Å². The molecule has 14 heavy (non-hydrogen) atoms. The zero-order valence-electron chi connectivity index (χ0n) is 6.58. The van der Waals surface area contributed by atoms with E-state index in [0.717, 1.165) is 18.0 Å². The molecule has 0 fully saturated rings. The third-order valence-corrected chi connectivity index (χ3v) is 1.52. The quantitative estimate of drug-likeness (QED) is 0.730. The van der Waals surface area contributed by atoms with Crippen molar-refractivity contribution in [3.63, 3.8) is 0 Å². The molecule has 2 nitrogen and oxygen atoms in total. The van der Waals surface area contributed by atoms with E-state index in [1.807, 2.05) is 24.3 Å². The van der Waals surface area contributed by atoms with Crippen LogP contribution in [0.25, 0.3) is 0 Å². The molecule has 2 rings (SSSR count). The molecule has 0 aliphatic carbocycles. The average Bonchev–Trinajstić information content (AvgIpc) is 2.58. The van der Waals surface area contributed by atoms with E-state index in [1.54, 1.807) is 0 Å². The molecule has 0 saturated carbocycles. The molecule has 0 bridgehead atoms. The van der Waals surface area contributed by atoms with Gasteiger partial charge >= 0.3 is 0 Å². The topological polar surface area (TPSA) is 21.6 Å². The Bertz CT molecular complexity index is 277. The van der Waals surface area contributed by atoms with E-state index in [2.05, 4.69) is 11.1 Å². The summed E-state index contributed by atoms with van der Waals surface area (Å²) in [6.07, 6.45) is 0. The van der Waals surface area contributed by atoms with Crippen molar-refractivity contribution >= 4 is 29.8 Å². The van der Waals surface area contributed by atoms with Gasteiger partial charge in [0.1, 0.15) is 6.61 Å². The van der Waals surface area contributed by atoms with E-state index in [0.29, 0.717) is 6.61 Å². The van der Waals surface area contributed by atoms with Gasteiger partial charge in [0.2, 0.25) is 5.90 Å². The van der Waals surface area contributed by atoms with E-state index in [1.165, 1.54) is 0 Å². The second-order valence-corrected chi connectivity index (χ2v) is 2.31. The number of ether oxygens (including phenoxy) is 1. The minimum atomic E-state index is 0. The van der Waals surface area contributed by atoms with E-state index >= 15 is 0 Å². The summed E-state index contributed by atoms with van der Waals surface area (Å²) in [5.74, 6) is 0.727. The van der Waals surface area contributed by atoms with Crippen LogP contribution in [0.4, 0.5) is 0 Å². The van der Waals surface area contributed by atoms with Crippen LogP contribution in [0.3, 0.4) is 0 Å². The molecule has 0 aromatic heterocycles. The van der Waals surface area contributed by atoms with Gasteiger partial charge in [0.15, 0.2) is 0 Å². The molecule has 5 radical (unpaired) electrons. The maximum Gasteiger partial charge on any atom is 0.216 e. The minimum absolute atomic E-state index is 0. The van der Waals surface area contributed by atoms with Crippen molar-refractivity contribution in [2.75, 3.05) is 13.2 Å². The Morgan fingerprint density at radius 1 is 1.36 bits per heavy atom. The fourth-order valence-electron chi connectivity index (χ4n) is 1.02. The van der Waals surface area contributed by atoms with Crippen LogP contribution in [0.5, 0.6) is 0 Å². The Kier molecular flexibility index (Phi) is 8.94. The Morgan fingerprint density at radius 3 is 2.64 bits per heavy atom. The van der Waals surface area contributed by atoms with Gasteiger partial charge in [0.05, 0.1) is 6.54 Å². The van der Waals surface area contributed by atoms with Gasteiger partial charge in [-0.3, -0.25) is 0 Å². The van der Waals surface area contributed by atoms with Crippen molar-refractivity contribution in [1.29, 1.82) is 0 Å². The third-order valence-electron chi connectivity index (χ3n) is 1.52. The van der Waals surface area contributed by atoms with Crippen LogP contribution in [0.2, 0.25) is 0 Å². The van der Waals surface area contributed by atoms with E-state index in [9.17, 15) is 0 Å². The Balaban J connectivity index is -0.000000360. The first-order valence-electron chi connectivity index (χ1n) is 3.61. The van der Waals surface area contributed by atoms with Crippen molar-refractivity contribution in [3.8, 4) is 0 Å². The van der Waals surface area contributed by atoms with Crippen molar-refractivity contribution in [2.24, 2.45) is 4.99 Å². The molecule has 0 N–H and O–H groups in total. The molecular formula is C11H18NOSn. The smallest absolute Gasteiger partial charge is 0.216 e. The summed E-state index contributed by atoms with van der Waals surface area (Å²) >= 11 is 0. The summed E-state index contributed by atoms with van der Waals surface area (Å²) < 4.78 is 5.26. The summed E-state index contributed by atoms with van der Waals surface area (Å²) in [4.78, 5) is 4.17. The summed E-state index contributed by atoms with van der Waals surface area (Å²) in [5.41, 5.74) is 0.949. The third kappa shape index (κ3) is 3.70. The second kappa shape index (κ2) is 7.85. The summed E-state index contributed by atoms with van der Waals surface area (Å²) in [5, 5.41) is 0. The molecule has 1 aliphatic heterocycles. The van der Waals surface area contributed by atoms with Gasteiger partial charge in [0, 0.05) is 30.9 Å². The average molecular weight is 299 g/mol. The zero-order chi connectivity index (χ0) is 7.52. The predicted molar refractivity (Wildman–Crippen MR) is 64.0 cm³/mol. The molecule has 0 unspecified atom stereocenters. The van der Waals surface area contributed by atoms with Crippen LogP contribution in [0, 0.1) is 6.07 Å². The van der Waals surface area contributed by atoms with E-state index in [-0.39, 0.29) is 40.2 Å². The van der Waals surface area contributed by atoms with Crippen LogP contribution in [0.15, 0.2) is 29.3 Å². The number of hydrogen-bond donors (Lipinski definition) is 0. The molecule has 0 saturated heterocycles. The van der Waals surface area contributed by atoms with Crippen molar-refractivity contribution in [3.05, 3.63) is 35.9 Å². The molecule has 0 atom stereocenters. The van der Waals surface area contributed by atoms with Crippen LogP contribution in [-0.2, 0) is 4.74 Å².